The highest BCUT2D eigenvalue weighted by Crippen LogP contribution is 2.12. The average Bonchev–Trinajstić information content (AvgIpc) is 2.78. The maximum atomic E-state index is 12.8. The Labute approximate surface area is 196 Å². The lowest BCUT2D eigenvalue weighted by molar-refractivity contribution is -0.142. The van der Waals surface area contributed by atoms with Gasteiger partial charge in [0.05, 0.1) is 13.0 Å². The molecule has 0 saturated heterocycles. The third kappa shape index (κ3) is 10.3. The summed E-state index contributed by atoms with van der Waals surface area (Å²) in [5.41, 5.74) is 16.5. The van der Waals surface area contributed by atoms with Crippen LogP contribution in [0.4, 0.5) is 0 Å². The van der Waals surface area contributed by atoms with Crippen molar-refractivity contribution >= 4 is 29.6 Å². The Morgan fingerprint density at radius 1 is 0.853 bits per heavy atom. The first-order chi connectivity index (χ1) is 16.1. The molecule has 1 aromatic carbocycles. The van der Waals surface area contributed by atoms with Gasteiger partial charge < -0.3 is 43.4 Å². The molecule has 0 aliphatic carbocycles. The van der Waals surface area contributed by atoms with Crippen LogP contribution in [0.15, 0.2) is 24.3 Å². The van der Waals surface area contributed by atoms with E-state index in [1.165, 1.54) is 24.3 Å². The zero-order chi connectivity index (χ0) is 25.7. The molecule has 0 spiro atoms. The van der Waals surface area contributed by atoms with Gasteiger partial charge in [0, 0.05) is 6.42 Å². The number of amides is 4. The maximum absolute atomic E-state index is 12.8. The fraction of sp³-hybridized carbons (Fsp3) is 0.476. The van der Waals surface area contributed by atoms with Crippen LogP contribution >= 0.6 is 0 Å². The standard InChI is InChI=1S/C21H32N6O7/c22-8-2-1-3-14(25-18(30)11-23)19(31)26-15(10-17(24)29)20(32)27-16(21(33)34)9-12-4-6-13(28)7-5-12/h4-7,14-16,28H,1-3,8-11,22-23H2,(H2,24,29)(H,25,30)(H,26,31)(H,27,32)(H,33,34). The number of nitrogens with one attached hydrogen (secondary N) is 3. The quantitative estimate of drug-likeness (QED) is 0.123. The van der Waals surface area contributed by atoms with Gasteiger partial charge in [0.2, 0.25) is 23.6 Å². The number of aromatic hydroxyl groups is 1. The van der Waals surface area contributed by atoms with E-state index >= 15 is 0 Å². The van der Waals surface area contributed by atoms with Crippen LogP contribution in [0.3, 0.4) is 0 Å². The average molecular weight is 481 g/mol. The van der Waals surface area contributed by atoms with Crippen molar-refractivity contribution in [3.63, 3.8) is 0 Å². The second-order valence-electron chi connectivity index (χ2n) is 7.61. The molecule has 188 valence electrons. The second kappa shape index (κ2) is 14.4. The number of phenols is 1. The first-order valence-corrected chi connectivity index (χ1v) is 10.7. The maximum Gasteiger partial charge on any atom is 0.326 e. The molecule has 0 fully saturated rings. The summed E-state index contributed by atoms with van der Waals surface area (Å²) in [4.78, 5) is 60.4. The van der Waals surface area contributed by atoms with E-state index in [-0.39, 0.29) is 25.1 Å². The van der Waals surface area contributed by atoms with Gasteiger partial charge in [0.25, 0.3) is 0 Å². The zero-order valence-electron chi connectivity index (χ0n) is 18.7. The first-order valence-electron chi connectivity index (χ1n) is 10.7. The summed E-state index contributed by atoms with van der Waals surface area (Å²) in [5, 5.41) is 25.9. The third-order valence-corrected chi connectivity index (χ3v) is 4.81. The summed E-state index contributed by atoms with van der Waals surface area (Å²) in [6, 6.07) is 1.82. The third-order valence-electron chi connectivity index (χ3n) is 4.81. The molecule has 0 bridgehead atoms. The van der Waals surface area contributed by atoms with E-state index in [0.717, 1.165) is 0 Å². The number of rotatable bonds is 15. The van der Waals surface area contributed by atoms with E-state index in [0.29, 0.717) is 24.9 Å². The molecule has 0 heterocycles. The van der Waals surface area contributed by atoms with Gasteiger partial charge >= 0.3 is 5.97 Å². The summed E-state index contributed by atoms with van der Waals surface area (Å²) in [6.07, 6.45) is 0.583. The van der Waals surface area contributed by atoms with Gasteiger partial charge in [-0.05, 0) is 43.5 Å². The van der Waals surface area contributed by atoms with E-state index in [4.69, 9.17) is 17.2 Å². The molecular weight excluding hydrogens is 448 g/mol. The van der Waals surface area contributed by atoms with Crippen LogP contribution in [0.5, 0.6) is 5.75 Å². The Balaban J connectivity index is 2.96. The molecule has 11 N–H and O–H groups in total. The number of hydrogen-bond donors (Lipinski definition) is 8. The molecule has 0 radical (unpaired) electrons. The van der Waals surface area contributed by atoms with E-state index in [2.05, 4.69) is 16.0 Å². The van der Waals surface area contributed by atoms with Crippen molar-refractivity contribution in [3.05, 3.63) is 29.8 Å². The number of nitrogens with two attached hydrogens (primary N) is 3. The van der Waals surface area contributed by atoms with Crippen LogP contribution < -0.4 is 33.2 Å². The van der Waals surface area contributed by atoms with Crippen molar-refractivity contribution in [1.29, 1.82) is 0 Å². The Morgan fingerprint density at radius 2 is 1.44 bits per heavy atom. The molecule has 1 rings (SSSR count). The second-order valence-corrected chi connectivity index (χ2v) is 7.61. The molecule has 0 aliphatic rings. The number of carboxylic acids is 1. The number of primary amides is 1. The minimum atomic E-state index is -1.47. The number of phenolic OH excluding ortho intramolecular Hbond substituents is 1. The zero-order valence-corrected chi connectivity index (χ0v) is 18.7. The monoisotopic (exact) mass is 480 g/mol. The van der Waals surface area contributed by atoms with Gasteiger partial charge in [-0.1, -0.05) is 12.1 Å². The smallest absolute Gasteiger partial charge is 0.326 e. The molecule has 1 aromatic rings. The lowest BCUT2D eigenvalue weighted by Crippen LogP contribution is -2.57. The molecule has 3 unspecified atom stereocenters. The SMILES string of the molecule is NCCCCC(NC(=O)CN)C(=O)NC(CC(N)=O)C(=O)NC(Cc1ccc(O)cc1)C(=O)O. The van der Waals surface area contributed by atoms with Crippen molar-refractivity contribution in [2.75, 3.05) is 13.1 Å². The van der Waals surface area contributed by atoms with Gasteiger partial charge in [0.1, 0.15) is 23.9 Å². The summed E-state index contributed by atoms with van der Waals surface area (Å²) in [6.45, 7) is 0.0207. The summed E-state index contributed by atoms with van der Waals surface area (Å²) < 4.78 is 0. The van der Waals surface area contributed by atoms with Gasteiger partial charge in [0.15, 0.2) is 0 Å². The number of carboxylic acid groups (broad SMARTS) is 1. The van der Waals surface area contributed by atoms with Crippen molar-refractivity contribution in [3.8, 4) is 5.75 Å². The van der Waals surface area contributed by atoms with Crippen molar-refractivity contribution < 1.29 is 34.2 Å². The Morgan fingerprint density at radius 3 is 1.97 bits per heavy atom. The number of hydrogen-bond acceptors (Lipinski definition) is 8. The topological polar surface area (TPSA) is 240 Å². The largest absolute Gasteiger partial charge is 0.508 e. The highest BCUT2D eigenvalue weighted by atomic mass is 16.4. The highest BCUT2D eigenvalue weighted by molar-refractivity contribution is 5.95. The van der Waals surface area contributed by atoms with Crippen molar-refractivity contribution in [1.82, 2.24) is 16.0 Å². The predicted molar refractivity (Wildman–Crippen MR) is 121 cm³/mol. The Hall–Kier alpha value is -3.71. The fourth-order valence-electron chi connectivity index (χ4n) is 3.04. The summed E-state index contributed by atoms with van der Waals surface area (Å²) in [7, 11) is 0. The molecule has 34 heavy (non-hydrogen) atoms. The lowest BCUT2D eigenvalue weighted by atomic mass is 10.0. The highest BCUT2D eigenvalue weighted by Gasteiger charge is 2.30. The summed E-state index contributed by atoms with van der Waals surface area (Å²) >= 11 is 0. The van der Waals surface area contributed by atoms with Gasteiger partial charge in [-0.2, -0.15) is 0 Å². The molecule has 4 amide bonds. The number of carbonyl (C=O) groups excluding carboxylic acids is 4. The minimum Gasteiger partial charge on any atom is -0.508 e. The van der Waals surface area contributed by atoms with Gasteiger partial charge in [-0.3, -0.25) is 19.2 Å². The summed E-state index contributed by atoms with van der Waals surface area (Å²) in [5.74, 6) is -4.55. The Kier molecular flexibility index (Phi) is 12.0. The molecule has 0 aliphatic heterocycles. The molecule has 3 atom stereocenters. The van der Waals surface area contributed by atoms with Crippen LogP contribution in [0, 0.1) is 0 Å². The number of aliphatic carboxylic acids is 1. The fourth-order valence-corrected chi connectivity index (χ4v) is 3.04. The number of unbranched alkanes of at least 4 members (excludes halogenated alkanes) is 1. The predicted octanol–water partition coefficient (Wildman–Crippen LogP) is -2.56. The van der Waals surface area contributed by atoms with Crippen LogP contribution in [-0.4, -0.2) is 71.0 Å². The van der Waals surface area contributed by atoms with E-state index < -0.39 is 54.1 Å². The number of benzene rings is 1. The van der Waals surface area contributed by atoms with E-state index in [1.807, 2.05) is 0 Å². The van der Waals surface area contributed by atoms with Crippen molar-refractivity contribution in [2.24, 2.45) is 17.2 Å². The first kappa shape index (κ1) is 28.3. The molecule has 13 heteroatoms. The van der Waals surface area contributed by atoms with E-state index in [1.54, 1.807) is 0 Å². The molecule has 0 aromatic heterocycles. The normalized spacial score (nSPS) is 13.2. The lowest BCUT2D eigenvalue weighted by Gasteiger charge is -2.24. The molecule has 0 saturated carbocycles. The number of carbonyl (C=O) groups is 5. The van der Waals surface area contributed by atoms with Crippen LogP contribution in [-0.2, 0) is 30.4 Å². The van der Waals surface area contributed by atoms with Crippen molar-refractivity contribution in [2.45, 2.75) is 50.2 Å². The van der Waals surface area contributed by atoms with E-state index in [9.17, 15) is 34.2 Å². The Bertz CT molecular complexity index is 862. The van der Waals surface area contributed by atoms with Crippen LogP contribution in [0.1, 0.15) is 31.2 Å². The van der Waals surface area contributed by atoms with Crippen LogP contribution in [0.25, 0.3) is 0 Å². The molecular formula is C21H32N6O7. The van der Waals surface area contributed by atoms with Crippen LogP contribution in [0.2, 0.25) is 0 Å². The minimum absolute atomic E-state index is 0.00774. The van der Waals surface area contributed by atoms with Gasteiger partial charge in [-0.15, -0.1) is 0 Å². The van der Waals surface area contributed by atoms with Gasteiger partial charge in [-0.25, -0.2) is 4.79 Å². The molecule has 13 nitrogen and oxygen atoms in total.